The highest BCUT2D eigenvalue weighted by Gasteiger charge is 2.28. The van der Waals surface area contributed by atoms with Crippen LogP contribution < -0.4 is 11.1 Å². The molecule has 0 bridgehead atoms. The Morgan fingerprint density at radius 2 is 1.89 bits per heavy atom. The summed E-state index contributed by atoms with van der Waals surface area (Å²) in [6.45, 7) is 1.26. The first-order valence-electron chi connectivity index (χ1n) is 5.76. The first-order valence-corrected chi connectivity index (χ1v) is 7.82. The van der Waals surface area contributed by atoms with Gasteiger partial charge in [-0.2, -0.15) is 0 Å². The number of rotatable bonds is 5. The number of sulfone groups is 1. The van der Waals surface area contributed by atoms with Crippen LogP contribution in [0.3, 0.4) is 0 Å². The van der Waals surface area contributed by atoms with Crippen molar-refractivity contribution >= 4 is 21.7 Å². The second-order valence-electron chi connectivity index (χ2n) is 4.54. The molecule has 0 aliphatic carbocycles. The number of carbonyl (C=O) groups is 2. The van der Waals surface area contributed by atoms with E-state index in [0.717, 1.165) is 19.3 Å². The molecule has 0 aromatic rings. The van der Waals surface area contributed by atoms with Crippen LogP contribution in [0.4, 0.5) is 0 Å². The van der Waals surface area contributed by atoms with Gasteiger partial charge in [-0.3, -0.25) is 9.59 Å². The van der Waals surface area contributed by atoms with Crippen molar-refractivity contribution in [3.05, 3.63) is 0 Å². The number of nitrogens with two attached hydrogens (primary N) is 1. The minimum atomic E-state index is -3.40. The van der Waals surface area contributed by atoms with Crippen molar-refractivity contribution in [2.45, 2.75) is 18.9 Å². The molecular weight excluding hydrogens is 258 g/mol. The molecule has 1 saturated heterocycles. The summed E-state index contributed by atoms with van der Waals surface area (Å²) in [7, 11) is -3.40. The van der Waals surface area contributed by atoms with Crippen LogP contribution in [0.2, 0.25) is 0 Å². The number of hydrogen-bond donors (Lipinski definition) is 2. The second kappa shape index (κ2) is 6.14. The highest BCUT2D eigenvalue weighted by atomic mass is 32.2. The normalized spacial score (nSPS) is 17.4. The van der Waals surface area contributed by atoms with Crippen LogP contribution in [0.5, 0.6) is 0 Å². The van der Waals surface area contributed by atoms with Crippen molar-refractivity contribution < 1.29 is 18.0 Å². The Balaban J connectivity index is 2.76. The summed E-state index contributed by atoms with van der Waals surface area (Å²) in [5.41, 5.74) is 5.10. The molecular formula is C10H19N3O4S. The van der Waals surface area contributed by atoms with Gasteiger partial charge >= 0.3 is 0 Å². The lowest BCUT2D eigenvalue weighted by molar-refractivity contribution is -0.135. The predicted molar refractivity (Wildman–Crippen MR) is 66.5 cm³/mol. The van der Waals surface area contributed by atoms with Gasteiger partial charge in [0, 0.05) is 12.3 Å². The summed E-state index contributed by atoms with van der Waals surface area (Å²) >= 11 is 0. The number of piperidine rings is 1. The number of nitrogens with zero attached hydrogens (tertiary/aromatic N) is 1. The van der Waals surface area contributed by atoms with Gasteiger partial charge in [-0.15, -0.1) is 0 Å². The zero-order chi connectivity index (χ0) is 13.8. The van der Waals surface area contributed by atoms with Crippen molar-refractivity contribution in [2.24, 2.45) is 5.73 Å². The molecule has 2 amide bonds. The standard InChI is InChI=1S/C10H19N3O4S/c1-18(16,17)7-10(15)13(6-9(11)14)8-2-4-12-5-3-8/h8,12H,2-7H2,1H3,(H2,11,14). The van der Waals surface area contributed by atoms with Crippen LogP contribution >= 0.6 is 0 Å². The van der Waals surface area contributed by atoms with Gasteiger partial charge in [0.1, 0.15) is 5.75 Å². The highest BCUT2D eigenvalue weighted by molar-refractivity contribution is 7.91. The average Bonchev–Trinajstić information content (AvgIpc) is 2.24. The monoisotopic (exact) mass is 277 g/mol. The van der Waals surface area contributed by atoms with Crippen molar-refractivity contribution in [3.8, 4) is 0 Å². The summed E-state index contributed by atoms with van der Waals surface area (Å²) in [5, 5.41) is 3.14. The molecule has 0 aromatic carbocycles. The smallest absolute Gasteiger partial charge is 0.238 e. The lowest BCUT2D eigenvalue weighted by Gasteiger charge is -2.33. The average molecular weight is 277 g/mol. The summed E-state index contributed by atoms with van der Waals surface area (Å²) in [6, 6.07) is -0.118. The first kappa shape index (κ1) is 14.9. The Labute approximate surface area is 107 Å². The third-order valence-corrected chi connectivity index (χ3v) is 3.55. The zero-order valence-electron chi connectivity index (χ0n) is 10.4. The Morgan fingerprint density at radius 1 is 1.33 bits per heavy atom. The van der Waals surface area contributed by atoms with Crippen molar-refractivity contribution in [2.75, 3.05) is 31.6 Å². The van der Waals surface area contributed by atoms with Gasteiger partial charge in [-0.05, 0) is 25.9 Å². The fraction of sp³-hybridized carbons (Fsp3) is 0.800. The van der Waals surface area contributed by atoms with Crippen LogP contribution in [0.15, 0.2) is 0 Å². The fourth-order valence-corrected chi connectivity index (χ4v) is 2.63. The van der Waals surface area contributed by atoms with Crippen LogP contribution in [0, 0.1) is 0 Å². The molecule has 0 unspecified atom stereocenters. The van der Waals surface area contributed by atoms with E-state index in [2.05, 4.69) is 5.32 Å². The van der Waals surface area contributed by atoms with Gasteiger partial charge < -0.3 is 16.0 Å². The number of amides is 2. The molecule has 7 nitrogen and oxygen atoms in total. The Hall–Kier alpha value is -1.15. The molecule has 0 spiro atoms. The van der Waals surface area contributed by atoms with Gasteiger partial charge in [0.15, 0.2) is 9.84 Å². The van der Waals surface area contributed by atoms with Crippen molar-refractivity contribution in [1.82, 2.24) is 10.2 Å². The van der Waals surface area contributed by atoms with Gasteiger partial charge in [0.2, 0.25) is 11.8 Å². The van der Waals surface area contributed by atoms with Gasteiger partial charge in [0.25, 0.3) is 0 Å². The predicted octanol–water partition coefficient (Wildman–Crippen LogP) is -1.90. The van der Waals surface area contributed by atoms with Crippen molar-refractivity contribution in [1.29, 1.82) is 0 Å². The third-order valence-electron chi connectivity index (χ3n) is 2.78. The lowest BCUT2D eigenvalue weighted by Crippen LogP contribution is -2.50. The fourth-order valence-electron chi connectivity index (χ4n) is 2.01. The van der Waals surface area contributed by atoms with E-state index in [4.69, 9.17) is 5.73 Å². The van der Waals surface area contributed by atoms with E-state index in [1.54, 1.807) is 0 Å². The van der Waals surface area contributed by atoms with E-state index in [9.17, 15) is 18.0 Å². The van der Waals surface area contributed by atoms with E-state index in [1.807, 2.05) is 0 Å². The summed E-state index contributed by atoms with van der Waals surface area (Å²) in [5.74, 6) is -1.76. The molecule has 18 heavy (non-hydrogen) atoms. The highest BCUT2D eigenvalue weighted by Crippen LogP contribution is 2.12. The van der Waals surface area contributed by atoms with Crippen LogP contribution in [-0.2, 0) is 19.4 Å². The molecule has 1 rings (SSSR count). The molecule has 0 radical (unpaired) electrons. The minimum Gasteiger partial charge on any atom is -0.368 e. The molecule has 104 valence electrons. The van der Waals surface area contributed by atoms with E-state index < -0.39 is 27.4 Å². The summed E-state index contributed by atoms with van der Waals surface area (Å²) in [4.78, 5) is 24.2. The third kappa shape index (κ3) is 5.01. The van der Waals surface area contributed by atoms with Gasteiger partial charge in [-0.1, -0.05) is 0 Å². The van der Waals surface area contributed by atoms with E-state index in [0.29, 0.717) is 12.8 Å². The lowest BCUT2D eigenvalue weighted by atomic mass is 10.0. The second-order valence-corrected chi connectivity index (χ2v) is 6.68. The van der Waals surface area contributed by atoms with E-state index in [1.165, 1.54) is 4.90 Å². The van der Waals surface area contributed by atoms with Crippen LogP contribution in [0.1, 0.15) is 12.8 Å². The first-order chi connectivity index (χ1) is 8.29. The summed E-state index contributed by atoms with van der Waals surface area (Å²) in [6.07, 6.45) is 2.39. The topological polar surface area (TPSA) is 110 Å². The minimum absolute atomic E-state index is 0.118. The maximum Gasteiger partial charge on any atom is 0.238 e. The van der Waals surface area contributed by atoms with Crippen molar-refractivity contribution in [3.63, 3.8) is 0 Å². The number of nitrogens with one attached hydrogen (secondary N) is 1. The molecule has 1 fully saturated rings. The zero-order valence-corrected chi connectivity index (χ0v) is 11.2. The molecule has 1 aliphatic rings. The number of hydrogen-bond acceptors (Lipinski definition) is 5. The Kier molecular flexibility index (Phi) is 5.09. The Bertz CT molecular complexity index is 415. The maximum absolute atomic E-state index is 11.9. The molecule has 1 heterocycles. The summed E-state index contributed by atoms with van der Waals surface area (Å²) < 4.78 is 22.3. The number of carbonyl (C=O) groups excluding carboxylic acids is 2. The molecule has 0 aromatic heterocycles. The van der Waals surface area contributed by atoms with E-state index in [-0.39, 0.29) is 12.6 Å². The van der Waals surface area contributed by atoms with Crippen LogP contribution in [-0.4, -0.2) is 62.8 Å². The van der Waals surface area contributed by atoms with E-state index >= 15 is 0 Å². The molecule has 1 aliphatic heterocycles. The molecule has 0 saturated carbocycles. The number of primary amides is 1. The van der Waals surface area contributed by atoms with Crippen LogP contribution in [0.25, 0.3) is 0 Å². The molecule has 0 atom stereocenters. The quantitative estimate of drug-likeness (QED) is 0.610. The molecule has 3 N–H and O–H groups in total. The van der Waals surface area contributed by atoms with Gasteiger partial charge in [-0.25, -0.2) is 8.42 Å². The van der Waals surface area contributed by atoms with Gasteiger partial charge in [0.05, 0.1) is 6.54 Å². The SMILES string of the molecule is CS(=O)(=O)CC(=O)N(CC(N)=O)C1CCNCC1. The Morgan fingerprint density at radius 3 is 2.33 bits per heavy atom. The largest absolute Gasteiger partial charge is 0.368 e. The maximum atomic E-state index is 11.9. The molecule has 8 heteroatoms.